The van der Waals surface area contributed by atoms with Crippen LogP contribution in [-0.4, -0.2) is 46.4 Å². The molecule has 1 N–H and O–H groups in total. The Morgan fingerprint density at radius 2 is 1.86 bits per heavy atom. The molecule has 5 heteroatoms. The van der Waals surface area contributed by atoms with Gasteiger partial charge in [-0.15, -0.1) is 0 Å². The fourth-order valence-electron chi connectivity index (χ4n) is 4.23. The number of piperidine rings is 1. The predicted molar refractivity (Wildman–Crippen MR) is 107 cm³/mol. The Morgan fingerprint density at radius 1 is 1.11 bits per heavy atom. The summed E-state index contributed by atoms with van der Waals surface area (Å²) in [6, 6.07) is 15.6. The Labute approximate surface area is 165 Å². The summed E-state index contributed by atoms with van der Waals surface area (Å²) in [5.74, 6) is 0.0610. The second-order valence-corrected chi connectivity index (χ2v) is 7.92. The van der Waals surface area contributed by atoms with Crippen LogP contribution in [0.15, 0.2) is 48.5 Å². The fourth-order valence-corrected chi connectivity index (χ4v) is 4.23. The zero-order valence-corrected chi connectivity index (χ0v) is 16.2. The van der Waals surface area contributed by atoms with Gasteiger partial charge in [-0.2, -0.15) is 0 Å². The Morgan fingerprint density at radius 3 is 2.57 bits per heavy atom. The summed E-state index contributed by atoms with van der Waals surface area (Å²) < 4.78 is 0. The second kappa shape index (κ2) is 7.40. The summed E-state index contributed by atoms with van der Waals surface area (Å²) in [6.45, 7) is 4.11. The van der Waals surface area contributed by atoms with Gasteiger partial charge in [0.15, 0.2) is 0 Å². The summed E-state index contributed by atoms with van der Waals surface area (Å²) in [6.07, 6.45) is 1.40. The smallest absolute Gasteiger partial charge is 0.254 e. The molecule has 2 aliphatic rings. The molecule has 4 rings (SSSR count). The van der Waals surface area contributed by atoms with Crippen LogP contribution in [0, 0.1) is 6.92 Å². The zero-order valence-electron chi connectivity index (χ0n) is 16.2. The highest BCUT2D eigenvalue weighted by atomic mass is 16.3. The lowest BCUT2D eigenvalue weighted by molar-refractivity contribution is -0.136. The average Bonchev–Trinajstić information content (AvgIpc) is 3.03. The Kier molecular flexibility index (Phi) is 4.94. The van der Waals surface area contributed by atoms with Gasteiger partial charge in [0.25, 0.3) is 5.91 Å². The molecule has 2 aromatic rings. The molecule has 0 radical (unpaired) electrons. The van der Waals surface area contributed by atoms with Crippen LogP contribution in [0.5, 0.6) is 0 Å². The van der Waals surface area contributed by atoms with Crippen molar-refractivity contribution in [3.05, 3.63) is 70.8 Å². The number of hydrogen-bond donors (Lipinski definition) is 1. The molecule has 2 amide bonds. The van der Waals surface area contributed by atoms with Crippen molar-refractivity contribution in [2.45, 2.75) is 38.3 Å². The highest BCUT2D eigenvalue weighted by Crippen LogP contribution is 2.33. The van der Waals surface area contributed by atoms with E-state index in [1.165, 1.54) is 0 Å². The molecule has 0 atom stereocenters. The number of aryl methyl sites for hydroxylation is 1. The van der Waals surface area contributed by atoms with E-state index in [9.17, 15) is 14.7 Å². The maximum Gasteiger partial charge on any atom is 0.254 e. The summed E-state index contributed by atoms with van der Waals surface area (Å²) in [5, 5.41) is 11.0. The van der Waals surface area contributed by atoms with Crippen LogP contribution >= 0.6 is 0 Å². The molecule has 2 aliphatic heterocycles. The van der Waals surface area contributed by atoms with Gasteiger partial charge in [-0.3, -0.25) is 9.59 Å². The minimum Gasteiger partial charge on any atom is -0.385 e. The van der Waals surface area contributed by atoms with E-state index in [-0.39, 0.29) is 11.8 Å². The number of hydrogen-bond acceptors (Lipinski definition) is 3. The van der Waals surface area contributed by atoms with Gasteiger partial charge in [-0.1, -0.05) is 48.0 Å². The van der Waals surface area contributed by atoms with E-state index in [1.807, 2.05) is 60.4 Å². The molecule has 0 aromatic heterocycles. The van der Waals surface area contributed by atoms with Gasteiger partial charge in [0.05, 0.1) is 5.60 Å². The van der Waals surface area contributed by atoms with Gasteiger partial charge in [-0.05, 0) is 37.0 Å². The fraction of sp³-hybridized carbons (Fsp3) is 0.391. The lowest BCUT2D eigenvalue weighted by atomic mass is 9.84. The molecule has 0 saturated carbocycles. The minimum atomic E-state index is -0.866. The first-order valence-corrected chi connectivity index (χ1v) is 9.91. The molecule has 0 unspecified atom stereocenters. The molecule has 28 heavy (non-hydrogen) atoms. The molecule has 1 saturated heterocycles. The van der Waals surface area contributed by atoms with Crippen LogP contribution in [0.2, 0.25) is 0 Å². The van der Waals surface area contributed by atoms with Crippen LogP contribution < -0.4 is 0 Å². The standard InChI is InChI=1S/C23H26N2O3/c1-17-5-4-7-19(15-17)23(28)10-13-24(14-11-23)21(26)9-12-25-16-18-6-2-3-8-20(18)22(25)27/h2-8,15,28H,9-14,16H2,1H3. The van der Waals surface area contributed by atoms with E-state index in [0.29, 0.717) is 45.4 Å². The Bertz CT molecular complexity index is 900. The summed E-state index contributed by atoms with van der Waals surface area (Å²) >= 11 is 0. The first kappa shape index (κ1) is 18.7. The maximum absolute atomic E-state index is 12.6. The normalized spacial score (nSPS) is 18.3. The van der Waals surface area contributed by atoms with Crippen molar-refractivity contribution in [2.75, 3.05) is 19.6 Å². The molecule has 146 valence electrons. The van der Waals surface area contributed by atoms with E-state index < -0.39 is 5.60 Å². The number of benzene rings is 2. The lowest BCUT2D eigenvalue weighted by Crippen LogP contribution is -2.45. The quantitative estimate of drug-likeness (QED) is 0.890. The average molecular weight is 378 g/mol. The van der Waals surface area contributed by atoms with Gasteiger partial charge in [-0.25, -0.2) is 0 Å². The molecular weight excluding hydrogens is 352 g/mol. The van der Waals surface area contributed by atoms with Crippen molar-refractivity contribution in [3.8, 4) is 0 Å². The highest BCUT2D eigenvalue weighted by molar-refractivity contribution is 5.98. The molecule has 0 spiro atoms. The topological polar surface area (TPSA) is 60.9 Å². The SMILES string of the molecule is Cc1cccc(C2(O)CCN(C(=O)CCN3Cc4ccccc4C3=O)CC2)c1. The van der Waals surface area contributed by atoms with Gasteiger partial charge >= 0.3 is 0 Å². The van der Waals surface area contributed by atoms with Crippen LogP contribution in [0.25, 0.3) is 0 Å². The van der Waals surface area contributed by atoms with Crippen molar-refractivity contribution in [2.24, 2.45) is 0 Å². The van der Waals surface area contributed by atoms with Gasteiger partial charge in [0.1, 0.15) is 0 Å². The van der Waals surface area contributed by atoms with E-state index in [1.54, 1.807) is 4.90 Å². The molecule has 1 fully saturated rings. The third-order valence-electron chi connectivity index (χ3n) is 5.99. The Balaban J connectivity index is 1.31. The van der Waals surface area contributed by atoms with Crippen molar-refractivity contribution >= 4 is 11.8 Å². The van der Waals surface area contributed by atoms with E-state index in [2.05, 4.69) is 0 Å². The number of amides is 2. The number of carbonyl (C=O) groups is 2. The van der Waals surface area contributed by atoms with Crippen LogP contribution in [0.3, 0.4) is 0 Å². The molecule has 0 aliphatic carbocycles. The first-order chi connectivity index (χ1) is 13.5. The molecule has 2 aromatic carbocycles. The summed E-state index contributed by atoms with van der Waals surface area (Å²) in [5.41, 5.74) is 2.97. The molecule has 0 bridgehead atoms. The maximum atomic E-state index is 12.6. The number of aliphatic hydroxyl groups is 1. The third kappa shape index (κ3) is 3.54. The molecular formula is C23H26N2O3. The number of nitrogens with zero attached hydrogens (tertiary/aromatic N) is 2. The highest BCUT2D eigenvalue weighted by Gasteiger charge is 2.35. The van der Waals surface area contributed by atoms with Crippen LogP contribution in [0.4, 0.5) is 0 Å². The van der Waals surface area contributed by atoms with Crippen molar-refractivity contribution in [1.82, 2.24) is 9.80 Å². The van der Waals surface area contributed by atoms with Crippen molar-refractivity contribution < 1.29 is 14.7 Å². The largest absolute Gasteiger partial charge is 0.385 e. The van der Waals surface area contributed by atoms with E-state index >= 15 is 0 Å². The minimum absolute atomic E-state index is 0.0101. The summed E-state index contributed by atoms with van der Waals surface area (Å²) in [7, 11) is 0. The van der Waals surface area contributed by atoms with Gasteiger partial charge < -0.3 is 14.9 Å². The van der Waals surface area contributed by atoms with Crippen molar-refractivity contribution in [1.29, 1.82) is 0 Å². The number of carbonyl (C=O) groups excluding carboxylic acids is 2. The van der Waals surface area contributed by atoms with Crippen molar-refractivity contribution in [3.63, 3.8) is 0 Å². The molecule has 2 heterocycles. The number of rotatable bonds is 4. The lowest BCUT2D eigenvalue weighted by Gasteiger charge is -2.39. The third-order valence-corrected chi connectivity index (χ3v) is 5.99. The van der Waals surface area contributed by atoms with E-state index in [4.69, 9.17) is 0 Å². The Hall–Kier alpha value is -2.66. The number of likely N-dealkylation sites (tertiary alicyclic amines) is 1. The number of fused-ring (bicyclic) bond motifs is 1. The van der Waals surface area contributed by atoms with Crippen LogP contribution in [-0.2, 0) is 16.9 Å². The summed E-state index contributed by atoms with van der Waals surface area (Å²) in [4.78, 5) is 28.6. The van der Waals surface area contributed by atoms with E-state index in [0.717, 1.165) is 22.3 Å². The predicted octanol–water partition coefficient (Wildman–Crippen LogP) is 2.85. The monoisotopic (exact) mass is 378 g/mol. The van der Waals surface area contributed by atoms with Crippen LogP contribution in [0.1, 0.15) is 46.3 Å². The zero-order chi connectivity index (χ0) is 19.7. The van der Waals surface area contributed by atoms with Gasteiger partial charge in [0, 0.05) is 38.2 Å². The molecule has 5 nitrogen and oxygen atoms in total. The second-order valence-electron chi connectivity index (χ2n) is 7.92. The first-order valence-electron chi connectivity index (χ1n) is 9.91. The van der Waals surface area contributed by atoms with Gasteiger partial charge in [0.2, 0.25) is 5.91 Å².